The van der Waals surface area contributed by atoms with E-state index < -0.39 is 14.1 Å². The lowest BCUT2D eigenvalue weighted by Gasteiger charge is -2.29. The second kappa shape index (κ2) is 10.3. The Morgan fingerprint density at radius 1 is 0.750 bits per heavy atom. The molecule has 0 amide bonds. The first kappa shape index (κ1) is 26.5. The summed E-state index contributed by atoms with van der Waals surface area (Å²) in [6.45, 7) is 6.41. The highest BCUT2D eigenvalue weighted by molar-refractivity contribution is 8.21. The van der Waals surface area contributed by atoms with Crippen LogP contribution in [0.4, 0.5) is 0 Å². The summed E-state index contributed by atoms with van der Waals surface area (Å²) in [5.41, 5.74) is 1.43. The Bertz CT molecular complexity index is 802. The largest absolute Gasteiger partial charge is 0.465 e. The van der Waals surface area contributed by atoms with Gasteiger partial charge >= 0.3 is 5.97 Å². The molecular weight excluding hydrogens is 489 g/mol. The molecule has 2 heterocycles. The van der Waals surface area contributed by atoms with Crippen LogP contribution in [0.1, 0.15) is 62.4 Å². The van der Waals surface area contributed by atoms with E-state index in [1.165, 1.54) is 7.11 Å². The highest BCUT2D eigenvalue weighted by atomic mass is 32.2. The highest BCUT2D eigenvalue weighted by Crippen LogP contribution is 2.69. The molecule has 3 rings (SSSR count). The maximum absolute atomic E-state index is 13.1. The van der Waals surface area contributed by atoms with E-state index in [0.29, 0.717) is 31.2 Å². The monoisotopic (exact) mass is 520 g/mol. The molecule has 0 saturated carbocycles. The molecule has 0 saturated heterocycles. The lowest BCUT2D eigenvalue weighted by atomic mass is 9.86. The number of carbonyl (C=O) groups is 1. The number of methoxy groups -OCH3 is 1. The van der Waals surface area contributed by atoms with E-state index in [-0.39, 0.29) is 31.8 Å². The second-order valence-electron chi connectivity index (χ2n) is 8.93. The van der Waals surface area contributed by atoms with Crippen molar-refractivity contribution in [3.8, 4) is 0 Å². The Hall–Kier alpha value is -0.0700. The van der Waals surface area contributed by atoms with Gasteiger partial charge in [-0.05, 0) is 36.7 Å². The quantitative estimate of drug-likeness (QED) is 0.356. The van der Waals surface area contributed by atoms with Crippen LogP contribution >= 0.6 is 47.0 Å². The third-order valence-electron chi connectivity index (χ3n) is 5.58. The molecule has 0 fully saturated rings. The van der Waals surface area contributed by atoms with Crippen molar-refractivity contribution in [2.45, 2.75) is 79.6 Å². The molecule has 1 aromatic carbocycles. The fourth-order valence-electron chi connectivity index (χ4n) is 4.14. The van der Waals surface area contributed by atoms with Crippen molar-refractivity contribution in [3.63, 3.8) is 0 Å². The van der Waals surface area contributed by atoms with Crippen LogP contribution < -0.4 is 0 Å². The highest BCUT2D eigenvalue weighted by Gasteiger charge is 2.50. The summed E-state index contributed by atoms with van der Waals surface area (Å²) < 4.78 is 4.30. The van der Waals surface area contributed by atoms with Crippen molar-refractivity contribution in [2.75, 3.05) is 33.5 Å². The summed E-state index contributed by atoms with van der Waals surface area (Å²) in [4.78, 5) is 16.8. The zero-order valence-corrected chi connectivity index (χ0v) is 22.2. The van der Waals surface area contributed by atoms with E-state index in [1.54, 1.807) is 47.0 Å². The minimum atomic E-state index is -0.452. The number of hydrogen-bond acceptors (Lipinski definition) is 10. The molecule has 1 aromatic rings. The van der Waals surface area contributed by atoms with Gasteiger partial charge in [0.25, 0.3) is 0 Å². The Kier molecular flexibility index (Phi) is 8.52. The van der Waals surface area contributed by atoms with Crippen LogP contribution in [-0.4, -0.2) is 68.1 Å². The first-order valence-corrected chi connectivity index (χ1v) is 13.9. The molecule has 4 N–H and O–H groups in total. The van der Waals surface area contributed by atoms with Crippen molar-refractivity contribution in [3.05, 3.63) is 11.1 Å². The van der Waals surface area contributed by atoms with Crippen molar-refractivity contribution >= 4 is 53.0 Å². The van der Waals surface area contributed by atoms with Gasteiger partial charge in [-0.1, -0.05) is 20.8 Å². The molecule has 0 aromatic heterocycles. The Morgan fingerprint density at radius 3 is 1.38 bits per heavy atom. The van der Waals surface area contributed by atoms with Gasteiger partial charge in [-0.2, -0.15) is 0 Å². The number of ether oxygens (including phenoxy) is 1. The van der Waals surface area contributed by atoms with Crippen molar-refractivity contribution in [1.82, 2.24) is 0 Å². The molecule has 0 aliphatic carbocycles. The number of aliphatic hydroxyl groups excluding tert-OH is 4. The maximum atomic E-state index is 13.1. The molecule has 0 bridgehead atoms. The molecule has 0 unspecified atom stereocenters. The molecule has 0 atom stereocenters. The third kappa shape index (κ3) is 4.84. The summed E-state index contributed by atoms with van der Waals surface area (Å²) in [7, 11) is 1.38. The summed E-state index contributed by atoms with van der Waals surface area (Å²) in [6.07, 6.45) is 1.97. The van der Waals surface area contributed by atoms with Crippen LogP contribution in [0.15, 0.2) is 19.6 Å². The Balaban J connectivity index is 2.29. The zero-order valence-electron chi connectivity index (χ0n) is 18.9. The van der Waals surface area contributed by atoms with E-state index in [1.807, 2.05) is 0 Å². The van der Waals surface area contributed by atoms with Crippen molar-refractivity contribution in [1.29, 1.82) is 0 Å². The Morgan fingerprint density at radius 2 is 1.09 bits per heavy atom. The van der Waals surface area contributed by atoms with E-state index in [4.69, 9.17) is 4.74 Å². The second-order valence-corrected chi connectivity index (χ2v) is 15.0. The molecule has 32 heavy (non-hydrogen) atoms. The van der Waals surface area contributed by atoms with Crippen LogP contribution in [0.3, 0.4) is 0 Å². The lowest BCUT2D eigenvalue weighted by Crippen LogP contribution is -2.22. The molecule has 2 aliphatic rings. The van der Waals surface area contributed by atoms with Gasteiger partial charge in [0.2, 0.25) is 0 Å². The third-order valence-corrected chi connectivity index (χ3v) is 12.4. The van der Waals surface area contributed by atoms with Gasteiger partial charge in [0.1, 0.15) is 0 Å². The zero-order chi connectivity index (χ0) is 23.7. The molecule has 10 heteroatoms. The van der Waals surface area contributed by atoms with E-state index >= 15 is 0 Å². The Labute approximate surface area is 206 Å². The number of esters is 1. The summed E-state index contributed by atoms with van der Waals surface area (Å²) in [6, 6.07) is 0. The van der Waals surface area contributed by atoms with Gasteiger partial charge in [-0.25, -0.2) is 4.79 Å². The van der Waals surface area contributed by atoms with Gasteiger partial charge < -0.3 is 25.2 Å². The standard InChI is InChI=1S/C22H32O6S4/c1-20(2,3)14-17-15(29-21(31-17,5-9-23)6-10-24)13(19(27)28-4)16-18(14)32-22(30-16,7-11-25)8-12-26/h23-26H,5-12H2,1-4H3. The van der Waals surface area contributed by atoms with Crippen LogP contribution in [0.5, 0.6) is 0 Å². The number of thioether (sulfide) groups is 4. The smallest absolute Gasteiger partial charge is 0.340 e. The van der Waals surface area contributed by atoms with Crippen LogP contribution in [0.25, 0.3) is 0 Å². The van der Waals surface area contributed by atoms with Gasteiger partial charge in [0.15, 0.2) is 0 Å². The number of fused-ring (bicyclic) bond motifs is 2. The topological polar surface area (TPSA) is 107 Å². The fourth-order valence-corrected chi connectivity index (χ4v) is 11.5. The molecule has 0 spiro atoms. The molecule has 2 aliphatic heterocycles. The summed E-state index contributed by atoms with van der Waals surface area (Å²) in [5.74, 6) is -0.410. The van der Waals surface area contributed by atoms with E-state index in [9.17, 15) is 25.2 Å². The van der Waals surface area contributed by atoms with Gasteiger partial charge in [0, 0.05) is 46.0 Å². The number of hydrogen-bond donors (Lipinski definition) is 4. The average molecular weight is 521 g/mol. The van der Waals surface area contributed by atoms with E-state index in [2.05, 4.69) is 20.8 Å². The number of benzene rings is 1. The van der Waals surface area contributed by atoms with Gasteiger partial charge in [0.05, 0.1) is 20.8 Å². The first-order chi connectivity index (χ1) is 15.1. The number of carbonyl (C=O) groups excluding carboxylic acids is 1. The summed E-state index contributed by atoms with van der Waals surface area (Å²) >= 11 is 6.36. The fraction of sp³-hybridized carbons (Fsp3) is 0.682. The van der Waals surface area contributed by atoms with E-state index in [0.717, 1.165) is 25.1 Å². The maximum Gasteiger partial charge on any atom is 0.340 e. The normalized spacial score (nSPS) is 18.5. The van der Waals surface area contributed by atoms with Crippen LogP contribution in [0.2, 0.25) is 0 Å². The molecule has 0 radical (unpaired) electrons. The minimum absolute atomic E-state index is 0.00821. The first-order valence-electron chi connectivity index (χ1n) is 10.6. The van der Waals surface area contributed by atoms with Crippen molar-refractivity contribution < 1.29 is 30.0 Å². The lowest BCUT2D eigenvalue weighted by molar-refractivity contribution is 0.0591. The summed E-state index contributed by atoms with van der Waals surface area (Å²) in [5, 5.41) is 39.0. The SMILES string of the molecule is COC(=O)c1c2c(c(C(C)(C)C)c3c1SC(CCO)(CCO)S3)SC(CCO)(CCO)S2. The predicted molar refractivity (Wildman–Crippen MR) is 132 cm³/mol. The minimum Gasteiger partial charge on any atom is -0.465 e. The predicted octanol–water partition coefficient (Wildman–Crippen LogP) is 4.09. The van der Waals surface area contributed by atoms with Gasteiger partial charge in [-0.3, -0.25) is 0 Å². The van der Waals surface area contributed by atoms with Crippen LogP contribution in [0, 0.1) is 0 Å². The van der Waals surface area contributed by atoms with Crippen molar-refractivity contribution in [2.24, 2.45) is 0 Å². The average Bonchev–Trinajstić information content (AvgIpc) is 3.23. The molecule has 6 nitrogen and oxygen atoms in total. The van der Waals surface area contributed by atoms with Crippen LogP contribution in [-0.2, 0) is 10.2 Å². The number of rotatable bonds is 9. The molecular formula is C22H32O6S4. The molecule has 180 valence electrons. The van der Waals surface area contributed by atoms with Gasteiger partial charge in [-0.15, -0.1) is 47.0 Å². The number of aliphatic hydroxyl groups is 4.